The summed E-state index contributed by atoms with van der Waals surface area (Å²) in [5, 5.41) is 8.94. The normalized spacial score (nSPS) is 10.7. The highest BCUT2D eigenvalue weighted by Crippen LogP contribution is 2.33. The second kappa shape index (κ2) is 5.84. The third kappa shape index (κ3) is 2.76. The van der Waals surface area contributed by atoms with Gasteiger partial charge in [-0.3, -0.25) is 0 Å². The van der Waals surface area contributed by atoms with Crippen LogP contribution in [0.1, 0.15) is 18.4 Å². The van der Waals surface area contributed by atoms with Gasteiger partial charge in [-0.25, -0.2) is 9.37 Å². The predicted molar refractivity (Wildman–Crippen MR) is 68.6 cm³/mol. The molecule has 0 fully saturated rings. The lowest BCUT2D eigenvalue weighted by atomic mass is 10.2. The number of para-hydroxylation sites is 1. The fourth-order valence-electron chi connectivity index (χ4n) is 1.85. The SMILES string of the molecule is CCOc1c(F)cccc1-c1nc(CCO)c(C)o1. The molecule has 19 heavy (non-hydrogen) atoms. The monoisotopic (exact) mass is 265 g/mol. The molecule has 0 bridgehead atoms. The van der Waals surface area contributed by atoms with Crippen LogP contribution in [0.25, 0.3) is 11.5 Å². The van der Waals surface area contributed by atoms with Gasteiger partial charge < -0.3 is 14.3 Å². The number of halogens is 1. The standard InChI is InChI=1S/C14H16FNO3/c1-3-18-13-10(5-4-6-11(13)15)14-16-12(7-8-17)9(2)19-14/h4-6,17H,3,7-8H2,1-2H3. The molecule has 1 N–H and O–H groups in total. The number of benzene rings is 1. The van der Waals surface area contributed by atoms with E-state index in [1.54, 1.807) is 26.0 Å². The maximum Gasteiger partial charge on any atom is 0.230 e. The lowest BCUT2D eigenvalue weighted by molar-refractivity contribution is 0.297. The molecule has 0 saturated carbocycles. The fourth-order valence-corrected chi connectivity index (χ4v) is 1.85. The van der Waals surface area contributed by atoms with Gasteiger partial charge in [0.25, 0.3) is 0 Å². The van der Waals surface area contributed by atoms with Crippen LogP contribution >= 0.6 is 0 Å². The van der Waals surface area contributed by atoms with Crippen molar-refractivity contribution >= 4 is 0 Å². The predicted octanol–water partition coefficient (Wildman–Crippen LogP) is 2.72. The Morgan fingerprint density at radius 3 is 2.89 bits per heavy atom. The molecular weight excluding hydrogens is 249 g/mol. The van der Waals surface area contributed by atoms with Crippen LogP contribution in [0.15, 0.2) is 22.6 Å². The van der Waals surface area contributed by atoms with Gasteiger partial charge >= 0.3 is 0 Å². The van der Waals surface area contributed by atoms with Crippen molar-refractivity contribution in [3.05, 3.63) is 35.5 Å². The van der Waals surface area contributed by atoms with Gasteiger partial charge in [0.1, 0.15) is 5.76 Å². The first-order chi connectivity index (χ1) is 9.17. The molecule has 0 aliphatic heterocycles. The van der Waals surface area contributed by atoms with Gasteiger partial charge in [0.05, 0.1) is 17.9 Å². The van der Waals surface area contributed by atoms with Gasteiger partial charge in [0.15, 0.2) is 11.6 Å². The number of nitrogens with zero attached hydrogens (tertiary/aromatic N) is 1. The minimum atomic E-state index is -0.445. The van der Waals surface area contributed by atoms with Crippen LogP contribution in [0.4, 0.5) is 4.39 Å². The Labute approximate surface area is 110 Å². The summed E-state index contributed by atoms with van der Waals surface area (Å²) < 4.78 is 24.6. The summed E-state index contributed by atoms with van der Waals surface area (Å²) >= 11 is 0. The highest BCUT2D eigenvalue weighted by Gasteiger charge is 2.17. The molecule has 1 aromatic heterocycles. The van der Waals surface area contributed by atoms with Crippen LogP contribution in [0, 0.1) is 12.7 Å². The lowest BCUT2D eigenvalue weighted by Gasteiger charge is -2.08. The summed E-state index contributed by atoms with van der Waals surface area (Å²) in [5.41, 5.74) is 1.15. The molecule has 0 amide bonds. The molecule has 5 heteroatoms. The van der Waals surface area contributed by atoms with E-state index in [1.807, 2.05) is 0 Å². The van der Waals surface area contributed by atoms with E-state index < -0.39 is 5.82 Å². The summed E-state index contributed by atoms with van der Waals surface area (Å²) in [4.78, 5) is 4.28. The number of hydrogen-bond donors (Lipinski definition) is 1. The van der Waals surface area contributed by atoms with Crippen molar-refractivity contribution in [1.29, 1.82) is 0 Å². The van der Waals surface area contributed by atoms with Crippen molar-refractivity contribution in [1.82, 2.24) is 4.98 Å². The van der Waals surface area contributed by atoms with Crippen LogP contribution in [0.5, 0.6) is 5.75 Å². The third-order valence-corrected chi connectivity index (χ3v) is 2.73. The first-order valence-electron chi connectivity index (χ1n) is 6.16. The van der Waals surface area contributed by atoms with Crippen molar-refractivity contribution in [2.24, 2.45) is 0 Å². The van der Waals surface area contributed by atoms with Crippen LogP contribution in [-0.4, -0.2) is 23.3 Å². The number of rotatable bonds is 5. The Bertz CT molecular complexity index is 566. The summed E-state index contributed by atoms with van der Waals surface area (Å²) in [7, 11) is 0. The number of aromatic nitrogens is 1. The summed E-state index contributed by atoms with van der Waals surface area (Å²) in [5.74, 6) is 0.625. The molecule has 0 atom stereocenters. The maximum atomic E-state index is 13.7. The number of aliphatic hydroxyl groups excluding tert-OH is 1. The molecular formula is C14H16FNO3. The van der Waals surface area contributed by atoms with Crippen molar-refractivity contribution in [2.45, 2.75) is 20.3 Å². The fraction of sp³-hybridized carbons (Fsp3) is 0.357. The molecule has 2 aromatic rings. The topological polar surface area (TPSA) is 55.5 Å². The van der Waals surface area contributed by atoms with E-state index >= 15 is 0 Å². The highest BCUT2D eigenvalue weighted by molar-refractivity contribution is 5.63. The molecule has 0 radical (unpaired) electrons. The lowest BCUT2D eigenvalue weighted by Crippen LogP contribution is -1.97. The average Bonchev–Trinajstić information content (AvgIpc) is 2.74. The van der Waals surface area contributed by atoms with E-state index in [-0.39, 0.29) is 12.4 Å². The van der Waals surface area contributed by atoms with Gasteiger partial charge in [0.2, 0.25) is 5.89 Å². The van der Waals surface area contributed by atoms with E-state index in [0.29, 0.717) is 35.9 Å². The maximum absolute atomic E-state index is 13.7. The average molecular weight is 265 g/mol. The largest absolute Gasteiger partial charge is 0.490 e. The zero-order valence-electron chi connectivity index (χ0n) is 10.9. The summed E-state index contributed by atoms with van der Waals surface area (Å²) in [6.07, 6.45) is 0.411. The molecule has 102 valence electrons. The van der Waals surface area contributed by atoms with Gasteiger partial charge in [0, 0.05) is 13.0 Å². The minimum absolute atomic E-state index is 0.00567. The molecule has 0 aliphatic carbocycles. The van der Waals surface area contributed by atoms with Crippen molar-refractivity contribution in [2.75, 3.05) is 13.2 Å². The quantitative estimate of drug-likeness (QED) is 0.903. The first-order valence-corrected chi connectivity index (χ1v) is 6.16. The Morgan fingerprint density at radius 1 is 1.42 bits per heavy atom. The number of oxazole rings is 1. The van der Waals surface area contributed by atoms with E-state index in [4.69, 9.17) is 14.3 Å². The molecule has 2 rings (SSSR count). The van der Waals surface area contributed by atoms with Crippen LogP contribution in [0.3, 0.4) is 0 Å². The minimum Gasteiger partial charge on any atom is -0.490 e. The Balaban J connectivity index is 2.46. The molecule has 4 nitrogen and oxygen atoms in total. The van der Waals surface area contributed by atoms with Gasteiger partial charge in [-0.2, -0.15) is 0 Å². The van der Waals surface area contributed by atoms with Crippen molar-refractivity contribution in [3.63, 3.8) is 0 Å². The Hall–Kier alpha value is -1.88. The first kappa shape index (κ1) is 13.5. The number of hydrogen-bond acceptors (Lipinski definition) is 4. The second-order valence-corrected chi connectivity index (χ2v) is 4.05. The molecule has 0 unspecified atom stereocenters. The van der Waals surface area contributed by atoms with Gasteiger partial charge in [-0.15, -0.1) is 0 Å². The van der Waals surface area contributed by atoms with Gasteiger partial charge in [-0.1, -0.05) is 6.07 Å². The second-order valence-electron chi connectivity index (χ2n) is 4.05. The van der Waals surface area contributed by atoms with Crippen LogP contribution in [0.2, 0.25) is 0 Å². The van der Waals surface area contributed by atoms with Gasteiger partial charge in [-0.05, 0) is 26.0 Å². The van der Waals surface area contributed by atoms with Crippen LogP contribution < -0.4 is 4.74 Å². The number of aliphatic hydroxyl groups is 1. The Kier molecular flexibility index (Phi) is 4.16. The van der Waals surface area contributed by atoms with Crippen molar-refractivity contribution in [3.8, 4) is 17.2 Å². The van der Waals surface area contributed by atoms with E-state index in [9.17, 15) is 4.39 Å². The van der Waals surface area contributed by atoms with E-state index in [0.717, 1.165) is 0 Å². The molecule has 1 heterocycles. The summed E-state index contributed by atoms with van der Waals surface area (Å²) in [6, 6.07) is 4.61. The zero-order chi connectivity index (χ0) is 13.8. The summed E-state index contributed by atoms with van der Waals surface area (Å²) in [6.45, 7) is 3.90. The van der Waals surface area contributed by atoms with E-state index in [1.165, 1.54) is 6.07 Å². The smallest absolute Gasteiger partial charge is 0.230 e. The van der Waals surface area contributed by atoms with E-state index in [2.05, 4.69) is 4.98 Å². The number of ether oxygens (including phenoxy) is 1. The molecule has 1 aromatic carbocycles. The number of aryl methyl sites for hydroxylation is 1. The molecule has 0 spiro atoms. The zero-order valence-corrected chi connectivity index (χ0v) is 10.9. The Morgan fingerprint density at radius 2 is 2.21 bits per heavy atom. The van der Waals surface area contributed by atoms with Crippen molar-refractivity contribution < 1.29 is 18.7 Å². The molecule has 0 saturated heterocycles. The van der Waals surface area contributed by atoms with Crippen LogP contribution in [-0.2, 0) is 6.42 Å². The molecule has 0 aliphatic rings. The third-order valence-electron chi connectivity index (χ3n) is 2.73. The highest BCUT2D eigenvalue weighted by atomic mass is 19.1.